The molecule has 84 valence electrons. The molecule has 0 bridgehead atoms. The van der Waals surface area contributed by atoms with Crippen molar-refractivity contribution in [2.45, 2.75) is 25.9 Å². The molecule has 0 atom stereocenters. The van der Waals surface area contributed by atoms with Gasteiger partial charge in [0.05, 0.1) is 13.0 Å². The molecule has 1 N–H and O–H groups in total. The molecule has 0 rings (SSSR count). The molecule has 0 heterocycles. The minimum absolute atomic E-state index is 0.0529. The van der Waals surface area contributed by atoms with Crippen molar-refractivity contribution in [1.29, 1.82) is 0 Å². The van der Waals surface area contributed by atoms with Gasteiger partial charge in [0.25, 0.3) is 0 Å². The van der Waals surface area contributed by atoms with Gasteiger partial charge in [-0.3, -0.25) is 9.69 Å². The van der Waals surface area contributed by atoms with Crippen LogP contribution in [0.25, 0.3) is 0 Å². The zero-order chi connectivity index (χ0) is 11.2. The molecule has 0 saturated carbocycles. The fourth-order valence-corrected chi connectivity index (χ4v) is 1.09. The van der Waals surface area contributed by atoms with Crippen LogP contribution >= 0.6 is 0 Å². The first kappa shape index (κ1) is 13.2. The van der Waals surface area contributed by atoms with E-state index in [9.17, 15) is 18.0 Å². The van der Waals surface area contributed by atoms with Gasteiger partial charge < -0.3 is 5.11 Å². The number of carboxylic acids is 1. The maximum absolute atomic E-state index is 12.0. The Morgan fingerprint density at radius 1 is 1.36 bits per heavy atom. The van der Waals surface area contributed by atoms with E-state index in [1.165, 1.54) is 0 Å². The van der Waals surface area contributed by atoms with Gasteiger partial charge >= 0.3 is 12.1 Å². The van der Waals surface area contributed by atoms with Crippen LogP contribution in [0.4, 0.5) is 13.2 Å². The zero-order valence-electron chi connectivity index (χ0n) is 7.97. The van der Waals surface area contributed by atoms with Crippen molar-refractivity contribution in [3.63, 3.8) is 0 Å². The summed E-state index contributed by atoms with van der Waals surface area (Å²) >= 11 is 0. The third kappa shape index (κ3) is 7.85. The van der Waals surface area contributed by atoms with Crippen molar-refractivity contribution >= 4 is 5.97 Å². The molecule has 0 aliphatic heterocycles. The van der Waals surface area contributed by atoms with Crippen molar-refractivity contribution in [3.05, 3.63) is 0 Å². The minimum atomic E-state index is -4.26. The predicted octanol–water partition coefficient (Wildman–Crippen LogP) is 1.74. The van der Waals surface area contributed by atoms with Crippen LogP contribution in [-0.4, -0.2) is 41.8 Å². The highest BCUT2D eigenvalue weighted by molar-refractivity contribution is 5.66. The van der Waals surface area contributed by atoms with E-state index in [-0.39, 0.29) is 19.5 Å². The molecule has 0 aromatic rings. The van der Waals surface area contributed by atoms with Crippen LogP contribution < -0.4 is 0 Å². The Labute approximate surface area is 80.5 Å². The van der Waals surface area contributed by atoms with Crippen LogP contribution in [0.2, 0.25) is 0 Å². The van der Waals surface area contributed by atoms with Crippen LogP contribution in [0, 0.1) is 0 Å². The molecule has 6 heteroatoms. The number of nitrogens with zero attached hydrogens (tertiary/aromatic N) is 1. The first-order valence-electron chi connectivity index (χ1n) is 4.36. The summed E-state index contributed by atoms with van der Waals surface area (Å²) in [6, 6.07) is 0. The molecule has 0 fully saturated rings. The lowest BCUT2D eigenvalue weighted by atomic mass is 10.3. The molecular formula is C8H14F3NO2. The van der Waals surface area contributed by atoms with E-state index in [1.807, 2.05) is 0 Å². The van der Waals surface area contributed by atoms with Gasteiger partial charge in [-0.05, 0) is 13.0 Å². The fraction of sp³-hybridized carbons (Fsp3) is 0.875. The van der Waals surface area contributed by atoms with Gasteiger partial charge in [0, 0.05) is 6.54 Å². The lowest BCUT2D eigenvalue weighted by molar-refractivity contribution is -0.149. The molecule has 0 aliphatic rings. The zero-order valence-corrected chi connectivity index (χ0v) is 7.97. The van der Waals surface area contributed by atoms with Crippen molar-refractivity contribution in [2.24, 2.45) is 0 Å². The summed E-state index contributed by atoms with van der Waals surface area (Å²) in [5.41, 5.74) is 0. The van der Waals surface area contributed by atoms with Crippen molar-refractivity contribution in [2.75, 3.05) is 19.6 Å². The number of alkyl halides is 3. The Morgan fingerprint density at radius 3 is 2.29 bits per heavy atom. The standard InChI is InChI=1S/C8H14F3NO2/c1-2-4-12(5-3-7(13)14)6-8(9,10)11/h2-6H2,1H3,(H,13,14). The molecule has 0 aromatic carbocycles. The van der Waals surface area contributed by atoms with Gasteiger partial charge in [-0.1, -0.05) is 6.92 Å². The van der Waals surface area contributed by atoms with Gasteiger partial charge in [-0.2, -0.15) is 13.2 Å². The topological polar surface area (TPSA) is 40.5 Å². The molecule has 0 spiro atoms. The van der Waals surface area contributed by atoms with Gasteiger partial charge in [-0.25, -0.2) is 0 Å². The number of carboxylic acid groups (broad SMARTS) is 1. The molecule has 0 aromatic heterocycles. The number of halogens is 3. The average molecular weight is 213 g/mol. The van der Waals surface area contributed by atoms with E-state index >= 15 is 0 Å². The summed E-state index contributed by atoms with van der Waals surface area (Å²) in [4.78, 5) is 11.3. The number of carbonyl (C=O) groups is 1. The van der Waals surface area contributed by atoms with Crippen molar-refractivity contribution < 1.29 is 23.1 Å². The quantitative estimate of drug-likeness (QED) is 0.730. The summed E-state index contributed by atoms with van der Waals surface area (Å²) in [6.45, 7) is 0.938. The van der Waals surface area contributed by atoms with Crippen molar-refractivity contribution in [1.82, 2.24) is 4.90 Å². The highest BCUT2D eigenvalue weighted by Crippen LogP contribution is 2.16. The third-order valence-corrected chi connectivity index (χ3v) is 1.58. The largest absolute Gasteiger partial charge is 0.481 e. The van der Waals surface area contributed by atoms with Crippen LogP contribution in [0.1, 0.15) is 19.8 Å². The molecular weight excluding hydrogens is 199 g/mol. The van der Waals surface area contributed by atoms with Gasteiger partial charge in [0.15, 0.2) is 0 Å². The molecule has 3 nitrogen and oxygen atoms in total. The van der Waals surface area contributed by atoms with Gasteiger partial charge in [0.2, 0.25) is 0 Å². The van der Waals surface area contributed by atoms with E-state index in [2.05, 4.69) is 0 Å². The smallest absolute Gasteiger partial charge is 0.401 e. The van der Waals surface area contributed by atoms with E-state index in [4.69, 9.17) is 5.11 Å². The summed E-state index contributed by atoms with van der Waals surface area (Å²) < 4.78 is 35.9. The summed E-state index contributed by atoms with van der Waals surface area (Å²) in [5.74, 6) is -1.08. The highest BCUT2D eigenvalue weighted by Gasteiger charge is 2.30. The second-order valence-electron chi connectivity index (χ2n) is 3.04. The molecule has 0 amide bonds. The van der Waals surface area contributed by atoms with Gasteiger partial charge in [0.1, 0.15) is 0 Å². The molecule has 0 saturated heterocycles. The van der Waals surface area contributed by atoms with Crippen molar-refractivity contribution in [3.8, 4) is 0 Å². The van der Waals surface area contributed by atoms with E-state index < -0.39 is 18.7 Å². The normalized spacial score (nSPS) is 12.1. The average Bonchev–Trinajstić information content (AvgIpc) is 1.98. The predicted molar refractivity (Wildman–Crippen MR) is 45.0 cm³/mol. The minimum Gasteiger partial charge on any atom is -0.481 e. The Kier molecular flexibility index (Phi) is 5.52. The van der Waals surface area contributed by atoms with E-state index in [0.717, 1.165) is 4.90 Å². The monoisotopic (exact) mass is 213 g/mol. The van der Waals surface area contributed by atoms with Crippen LogP contribution in [0.5, 0.6) is 0 Å². The van der Waals surface area contributed by atoms with Crippen LogP contribution in [0.3, 0.4) is 0 Å². The maximum Gasteiger partial charge on any atom is 0.401 e. The Bertz CT molecular complexity index is 182. The molecule has 14 heavy (non-hydrogen) atoms. The molecule has 0 aliphatic carbocycles. The number of aliphatic carboxylic acids is 1. The Morgan fingerprint density at radius 2 is 1.93 bits per heavy atom. The first-order chi connectivity index (χ1) is 6.35. The highest BCUT2D eigenvalue weighted by atomic mass is 19.4. The second kappa shape index (κ2) is 5.85. The second-order valence-corrected chi connectivity index (χ2v) is 3.04. The van der Waals surface area contributed by atoms with Crippen LogP contribution in [0.15, 0.2) is 0 Å². The number of rotatable bonds is 6. The molecule has 0 radical (unpaired) electrons. The number of hydrogen-bond acceptors (Lipinski definition) is 2. The third-order valence-electron chi connectivity index (χ3n) is 1.58. The summed E-state index contributed by atoms with van der Waals surface area (Å²) in [7, 11) is 0. The van der Waals surface area contributed by atoms with Gasteiger partial charge in [-0.15, -0.1) is 0 Å². The summed E-state index contributed by atoms with van der Waals surface area (Å²) in [5, 5.41) is 8.32. The van der Waals surface area contributed by atoms with Crippen LogP contribution in [-0.2, 0) is 4.79 Å². The first-order valence-corrected chi connectivity index (χ1v) is 4.36. The lowest BCUT2D eigenvalue weighted by Gasteiger charge is -2.21. The Hall–Kier alpha value is -0.780. The fourth-order valence-electron chi connectivity index (χ4n) is 1.09. The van der Waals surface area contributed by atoms with E-state index in [1.54, 1.807) is 6.92 Å². The SMILES string of the molecule is CCCN(CCC(=O)O)CC(F)(F)F. The summed E-state index contributed by atoms with van der Waals surface area (Å²) in [6.07, 6.45) is -3.93. The van der Waals surface area contributed by atoms with E-state index in [0.29, 0.717) is 6.42 Å². The molecule has 0 unspecified atom stereocenters. The number of hydrogen-bond donors (Lipinski definition) is 1. The maximum atomic E-state index is 12.0. The Balaban J connectivity index is 3.95. The lowest BCUT2D eigenvalue weighted by Crippen LogP contribution is -2.36.